The standard InChI is InChI=1S/C17H16N4O3/c1-2-24-17(22)11-4-3-5-12(8-11)21-16(19)14(9-18)13-6-7-23-10-15(13)20-21/h3-6,8H,2,7,10,19H2,1H3. The van der Waals surface area contributed by atoms with Crippen molar-refractivity contribution in [2.24, 2.45) is 10.8 Å². The van der Waals surface area contributed by atoms with Crippen molar-refractivity contribution >= 4 is 17.4 Å². The number of benzene rings is 1. The summed E-state index contributed by atoms with van der Waals surface area (Å²) in [6.45, 7) is 2.76. The van der Waals surface area contributed by atoms with Crippen LogP contribution in [0.2, 0.25) is 0 Å². The van der Waals surface area contributed by atoms with Gasteiger partial charge in [-0.3, -0.25) is 0 Å². The average molecular weight is 324 g/mol. The van der Waals surface area contributed by atoms with Crippen LogP contribution in [0.4, 0.5) is 5.69 Å². The summed E-state index contributed by atoms with van der Waals surface area (Å²) >= 11 is 0. The summed E-state index contributed by atoms with van der Waals surface area (Å²) in [7, 11) is 0. The van der Waals surface area contributed by atoms with Gasteiger partial charge in [0, 0.05) is 5.57 Å². The first-order valence-electron chi connectivity index (χ1n) is 7.49. The van der Waals surface area contributed by atoms with Crippen molar-refractivity contribution < 1.29 is 14.3 Å². The van der Waals surface area contributed by atoms with Gasteiger partial charge in [-0.25, -0.2) is 9.80 Å². The number of carbonyl (C=O) groups is 1. The SMILES string of the molecule is CCOC(=O)c1cccc(N2N=C3COCC=C3C(C#N)=C2N)c1. The molecular weight excluding hydrogens is 308 g/mol. The van der Waals surface area contributed by atoms with Gasteiger partial charge in [0.1, 0.15) is 17.5 Å². The van der Waals surface area contributed by atoms with E-state index in [-0.39, 0.29) is 5.82 Å². The summed E-state index contributed by atoms with van der Waals surface area (Å²) in [5, 5.41) is 15.4. The third-order valence-electron chi connectivity index (χ3n) is 3.64. The smallest absolute Gasteiger partial charge is 0.338 e. The Morgan fingerprint density at radius 3 is 3.12 bits per heavy atom. The third-order valence-corrected chi connectivity index (χ3v) is 3.64. The van der Waals surface area contributed by atoms with E-state index in [0.717, 1.165) is 0 Å². The minimum absolute atomic E-state index is 0.218. The molecule has 0 aliphatic carbocycles. The molecule has 7 heteroatoms. The predicted octanol–water partition coefficient (Wildman–Crippen LogP) is 1.69. The van der Waals surface area contributed by atoms with E-state index in [2.05, 4.69) is 11.2 Å². The number of anilines is 1. The topological polar surface area (TPSA) is 101 Å². The average Bonchev–Trinajstić information content (AvgIpc) is 2.61. The fourth-order valence-corrected chi connectivity index (χ4v) is 2.53. The second-order valence-corrected chi connectivity index (χ2v) is 5.13. The number of hydrogen-bond donors (Lipinski definition) is 1. The molecule has 1 aromatic carbocycles. The molecule has 0 atom stereocenters. The first kappa shape index (κ1) is 15.8. The number of ether oxygens (including phenoxy) is 2. The molecule has 3 rings (SSSR count). The molecule has 2 aliphatic heterocycles. The fraction of sp³-hybridized carbons (Fsp3) is 0.235. The molecule has 0 saturated carbocycles. The molecule has 122 valence electrons. The highest BCUT2D eigenvalue weighted by Gasteiger charge is 2.28. The Hall–Kier alpha value is -3.11. The predicted molar refractivity (Wildman–Crippen MR) is 88.0 cm³/mol. The minimum Gasteiger partial charge on any atom is -0.462 e. The number of nitrogens with zero attached hydrogens (tertiary/aromatic N) is 3. The highest BCUT2D eigenvalue weighted by Crippen LogP contribution is 2.29. The molecule has 2 aliphatic rings. The van der Waals surface area contributed by atoms with Gasteiger partial charge in [0.05, 0.1) is 36.8 Å². The molecule has 0 saturated heterocycles. The zero-order valence-electron chi connectivity index (χ0n) is 13.2. The number of allylic oxidation sites excluding steroid dienone is 1. The summed E-state index contributed by atoms with van der Waals surface area (Å²) < 4.78 is 10.4. The van der Waals surface area contributed by atoms with Gasteiger partial charge in [0.15, 0.2) is 0 Å². The van der Waals surface area contributed by atoms with Crippen molar-refractivity contribution in [3.8, 4) is 6.07 Å². The first-order chi connectivity index (χ1) is 11.7. The molecule has 0 radical (unpaired) electrons. The summed E-state index contributed by atoms with van der Waals surface area (Å²) in [6.07, 6.45) is 1.79. The van der Waals surface area contributed by atoms with Crippen molar-refractivity contribution in [1.82, 2.24) is 0 Å². The van der Waals surface area contributed by atoms with Crippen LogP contribution in [0.1, 0.15) is 17.3 Å². The second-order valence-electron chi connectivity index (χ2n) is 5.13. The van der Waals surface area contributed by atoms with Crippen LogP contribution in [0.5, 0.6) is 0 Å². The Bertz CT molecular complexity index is 817. The Morgan fingerprint density at radius 1 is 1.54 bits per heavy atom. The zero-order valence-corrected chi connectivity index (χ0v) is 13.2. The molecule has 1 aromatic rings. The molecule has 0 fully saturated rings. The Balaban J connectivity index is 2.03. The van der Waals surface area contributed by atoms with Gasteiger partial charge in [0.25, 0.3) is 0 Å². The van der Waals surface area contributed by atoms with Crippen LogP contribution in [0.15, 0.2) is 52.4 Å². The summed E-state index contributed by atoms with van der Waals surface area (Å²) in [5.41, 5.74) is 8.79. The quantitative estimate of drug-likeness (QED) is 0.849. The number of nitriles is 1. The number of fused-ring (bicyclic) bond motifs is 1. The van der Waals surface area contributed by atoms with Crippen LogP contribution < -0.4 is 10.7 Å². The van der Waals surface area contributed by atoms with E-state index in [1.54, 1.807) is 37.3 Å². The van der Waals surface area contributed by atoms with Crippen LogP contribution in [-0.2, 0) is 9.47 Å². The normalized spacial score (nSPS) is 16.8. The van der Waals surface area contributed by atoms with Gasteiger partial charge >= 0.3 is 5.97 Å². The van der Waals surface area contributed by atoms with Gasteiger partial charge in [-0.15, -0.1) is 0 Å². The summed E-state index contributed by atoms with van der Waals surface area (Å²) in [6, 6.07) is 8.87. The van der Waals surface area contributed by atoms with E-state index < -0.39 is 5.97 Å². The van der Waals surface area contributed by atoms with Gasteiger partial charge in [-0.2, -0.15) is 10.4 Å². The van der Waals surface area contributed by atoms with Crippen LogP contribution in [0.25, 0.3) is 0 Å². The van der Waals surface area contributed by atoms with Crippen LogP contribution >= 0.6 is 0 Å². The molecule has 0 aromatic heterocycles. The van der Waals surface area contributed by atoms with E-state index in [1.165, 1.54) is 5.01 Å². The highest BCUT2D eigenvalue weighted by atomic mass is 16.5. The molecule has 0 bridgehead atoms. The van der Waals surface area contributed by atoms with Crippen LogP contribution in [-0.4, -0.2) is 31.5 Å². The second kappa shape index (κ2) is 6.56. The molecule has 24 heavy (non-hydrogen) atoms. The third kappa shape index (κ3) is 2.75. The minimum atomic E-state index is -0.423. The largest absolute Gasteiger partial charge is 0.462 e. The summed E-state index contributed by atoms with van der Waals surface area (Å²) in [4.78, 5) is 11.9. The maximum Gasteiger partial charge on any atom is 0.338 e. The fourth-order valence-electron chi connectivity index (χ4n) is 2.53. The van der Waals surface area contributed by atoms with Crippen molar-refractivity contribution in [2.45, 2.75) is 6.92 Å². The van der Waals surface area contributed by atoms with Crippen LogP contribution in [0, 0.1) is 11.3 Å². The van der Waals surface area contributed by atoms with Crippen molar-refractivity contribution in [1.29, 1.82) is 5.26 Å². The Morgan fingerprint density at radius 2 is 2.38 bits per heavy atom. The van der Waals surface area contributed by atoms with Gasteiger partial charge < -0.3 is 15.2 Å². The van der Waals surface area contributed by atoms with Crippen molar-refractivity contribution in [3.05, 3.63) is 52.9 Å². The number of hydrogen-bond acceptors (Lipinski definition) is 7. The van der Waals surface area contributed by atoms with Crippen molar-refractivity contribution in [3.63, 3.8) is 0 Å². The lowest BCUT2D eigenvalue weighted by atomic mass is 9.99. The molecule has 0 spiro atoms. The van der Waals surface area contributed by atoms with Crippen LogP contribution in [0.3, 0.4) is 0 Å². The van der Waals surface area contributed by atoms with E-state index in [9.17, 15) is 10.1 Å². The first-order valence-corrected chi connectivity index (χ1v) is 7.49. The molecule has 0 unspecified atom stereocenters. The Kier molecular flexibility index (Phi) is 4.31. The molecule has 2 N–H and O–H groups in total. The molecule has 7 nitrogen and oxygen atoms in total. The lowest BCUT2D eigenvalue weighted by Crippen LogP contribution is -2.34. The molecule has 0 amide bonds. The highest BCUT2D eigenvalue weighted by molar-refractivity contribution is 6.08. The van der Waals surface area contributed by atoms with Gasteiger partial charge in [-0.05, 0) is 31.2 Å². The maximum atomic E-state index is 11.9. The van der Waals surface area contributed by atoms with Crippen molar-refractivity contribution in [2.75, 3.05) is 24.8 Å². The summed E-state index contributed by atoms with van der Waals surface area (Å²) in [5.74, 6) is -0.205. The zero-order chi connectivity index (χ0) is 17.1. The monoisotopic (exact) mass is 324 g/mol. The van der Waals surface area contributed by atoms with E-state index >= 15 is 0 Å². The van der Waals surface area contributed by atoms with Gasteiger partial charge in [0.2, 0.25) is 0 Å². The molecule has 2 heterocycles. The van der Waals surface area contributed by atoms with E-state index in [1.807, 2.05) is 0 Å². The lowest BCUT2D eigenvalue weighted by molar-refractivity contribution is 0.0526. The number of esters is 1. The number of carbonyl (C=O) groups excluding carboxylic acids is 1. The Labute approximate surface area is 139 Å². The molecular formula is C17H16N4O3. The van der Waals surface area contributed by atoms with Gasteiger partial charge in [-0.1, -0.05) is 6.07 Å². The van der Waals surface area contributed by atoms with E-state index in [4.69, 9.17) is 15.2 Å². The maximum absolute atomic E-state index is 11.9. The number of rotatable bonds is 3. The van der Waals surface area contributed by atoms with E-state index in [0.29, 0.717) is 47.9 Å². The number of hydrazone groups is 1. The lowest BCUT2D eigenvalue weighted by Gasteiger charge is -2.29. The number of nitrogens with two attached hydrogens (primary N) is 1.